The molecule has 1 fully saturated rings. The lowest BCUT2D eigenvalue weighted by Gasteiger charge is -2.34. The highest BCUT2D eigenvalue weighted by atomic mass is 16.3. The number of aromatic nitrogens is 4. The van der Waals surface area contributed by atoms with E-state index < -0.39 is 29.7 Å². The SMILES string of the molecule is CNC(=O)[C@H]1C[C@H](O)CN1C(=O)[C@@H](n1cc(CCC(O)c2ccccn2)nn1)C(C)(C)C. The van der Waals surface area contributed by atoms with Gasteiger partial charge in [-0.3, -0.25) is 14.6 Å². The van der Waals surface area contributed by atoms with Crippen LogP contribution in [0.3, 0.4) is 0 Å². The molecule has 2 aromatic rings. The van der Waals surface area contributed by atoms with Gasteiger partial charge in [0.2, 0.25) is 11.8 Å². The highest BCUT2D eigenvalue weighted by Gasteiger charge is 2.44. The minimum Gasteiger partial charge on any atom is -0.391 e. The molecule has 2 amide bonds. The first-order valence-electron chi connectivity index (χ1n) is 10.8. The van der Waals surface area contributed by atoms with Gasteiger partial charge in [0.25, 0.3) is 0 Å². The standard InChI is InChI=1S/C22H32N6O4/c1-22(2,3)19(21(32)27-13-15(29)11-17(27)20(31)23-4)28-12-14(25-26-28)8-9-18(30)16-7-5-6-10-24-16/h5-7,10,12,15,17-19,29-30H,8-9,11,13H2,1-4H3,(H,23,31)/t15-,17+,18?,19+/m0/s1. The average Bonchev–Trinajstić information content (AvgIpc) is 3.37. The van der Waals surface area contributed by atoms with Gasteiger partial charge in [-0.1, -0.05) is 32.1 Å². The van der Waals surface area contributed by atoms with Crippen molar-refractivity contribution < 1.29 is 19.8 Å². The zero-order chi connectivity index (χ0) is 23.5. The molecule has 3 N–H and O–H groups in total. The smallest absolute Gasteiger partial charge is 0.248 e. The molecular formula is C22H32N6O4. The third kappa shape index (κ3) is 5.31. The topological polar surface area (TPSA) is 133 Å². The number of β-amino-alcohol motifs (C(OH)–C–C–N with tert-alkyl or cyclic N) is 1. The number of aryl methyl sites for hydroxylation is 1. The Kier molecular flexibility index (Phi) is 7.25. The van der Waals surface area contributed by atoms with E-state index in [9.17, 15) is 19.8 Å². The summed E-state index contributed by atoms with van der Waals surface area (Å²) in [6.07, 6.45) is 2.96. The third-order valence-corrected chi connectivity index (χ3v) is 5.69. The maximum Gasteiger partial charge on any atom is 0.248 e. The van der Waals surface area contributed by atoms with Crippen molar-refractivity contribution in [2.45, 2.75) is 64.3 Å². The van der Waals surface area contributed by atoms with Crippen molar-refractivity contribution in [3.63, 3.8) is 0 Å². The first-order valence-corrected chi connectivity index (χ1v) is 10.8. The van der Waals surface area contributed by atoms with Crippen molar-refractivity contribution in [1.82, 2.24) is 30.2 Å². The molecule has 0 radical (unpaired) electrons. The highest BCUT2D eigenvalue weighted by molar-refractivity contribution is 5.90. The van der Waals surface area contributed by atoms with Gasteiger partial charge in [0.15, 0.2) is 0 Å². The molecule has 1 aliphatic heterocycles. The fraction of sp³-hybridized carbons (Fsp3) is 0.591. The average molecular weight is 445 g/mol. The molecule has 0 aliphatic carbocycles. The van der Waals surface area contributed by atoms with Crippen LogP contribution in [-0.2, 0) is 16.0 Å². The van der Waals surface area contributed by atoms with Gasteiger partial charge in [0.05, 0.1) is 23.6 Å². The van der Waals surface area contributed by atoms with Gasteiger partial charge in [-0.05, 0) is 30.4 Å². The molecule has 1 unspecified atom stereocenters. The van der Waals surface area contributed by atoms with Crippen LogP contribution in [0.5, 0.6) is 0 Å². The van der Waals surface area contributed by atoms with Crippen LogP contribution in [0.25, 0.3) is 0 Å². The van der Waals surface area contributed by atoms with Crippen molar-refractivity contribution in [2.75, 3.05) is 13.6 Å². The Morgan fingerprint density at radius 1 is 1.31 bits per heavy atom. The Bertz CT molecular complexity index is 926. The molecule has 1 saturated heterocycles. The summed E-state index contributed by atoms with van der Waals surface area (Å²) in [5.74, 6) is -0.585. The molecule has 0 bridgehead atoms. The largest absolute Gasteiger partial charge is 0.391 e. The van der Waals surface area contributed by atoms with Crippen LogP contribution in [0.2, 0.25) is 0 Å². The van der Waals surface area contributed by atoms with E-state index in [1.165, 1.54) is 16.6 Å². The van der Waals surface area contributed by atoms with E-state index in [1.807, 2.05) is 26.8 Å². The van der Waals surface area contributed by atoms with Crippen LogP contribution in [0.4, 0.5) is 0 Å². The Balaban J connectivity index is 1.76. The van der Waals surface area contributed by atoms with Crippen LogP contribution < -0.4 is 5.32 Å². The van der Waals surface area contributed by atoms with Gasteiger partial charge in [-0.25, -0.2) is 4.68 Å². The maximum atomic E-state index is 13.5. The zero-order valence-electron chi connectivity index (χ0n) is 19.0. The Labute approximate surface area is 187 Å². The number of nitrogens with one attached hydrogen (secondary N) is 1. The molecule has 32 heavy (non-hydrogen) atoms. The van der Waals surface area contributed by atoms with Crippen molar-refractivity contribution in [3.05, 3.63) is 42.0 Å². The fourth-order valence-electron chi connectivity index (χ4n) is 4.07. The summed E-state index contributed by atoms with van der Waals surface area (Å²) >= 11 is 0. The monoisotopic (exact) mass is 444 g/mol. The van der Waals surface area contributed by atoms with Gasteiger partial charge >= 0.3 is 0 Å². The van der Waals surface area contributed by atoms with Crippen molar-refractivity contribution in [2.24, 2.45) is 5.41 Å². The number of likely N-dealkylation sites (N-methyl/N-ethyl adjacent to an activating group) is 1. The number of nitrogens with zero attached hydrogens (tertiary/aromatic N) is 5. The normalized spacial score (nSPS) is 20.8. The van der Waals surface area contributed by atoms with Gasteiger partial charge in [-0.15, -0.1) is 5.10 Å². The number of aliphatic hydroxyl groups is 2. The third-order valence-electron chi connectivity index (χ3n) is 5.69. The van der Waals surface area contributed by atoms with Gasteiger partial charge in [0.1, 0.15) is 12.1 Å². The second kappa shape index (κ2) is 9.74. The van der Waals surface area contributed by atoms with Crippen LogP contribution in [0.15, 0.2) is 30.6 Å². The van der Waals surface area contributed by atoms with E-state index in [1.54, 1.807) is 24.5 Å². The molecular weight excluding hydrogens is 412 g/mol. The summed E-state index contributed by atoms with van der Waals surface area (Å²) in [6, 6.07) is 3.96. The Morgan fingerprint density at radius 3 is 2.69 bits per heavy atom. The fourth-order valence-corrected chi connectivity index (χ4v) is 4.07. The molecule has 4 atom stereocenters. The molecule has 10 heteroatoms. The number of carbonyl (C=O) groups excluding carboxylic acids is 2. The lowest BCUT2D eigenvalue weighted by molar-refractivity contribution is -0.144. The first kappa shape index (κ1) is 23.8. The lowest BCUT2D eigenvalue weighted by Crippen LogP contribution is -2.49. The summed E-state index contributed by atoms with van der Waals surface area (Å²) in [5.41, 5.74) is 0.720. The van der Waals surface area contributed by atoms with E-state index in [0.29, 0.717) is 24.2 Å². The molecule has 10 nitrogen and oxygen atoms in total. The van der Waals surface area contributed by atoms with Crippen molar-refractivity contribution in [3.8, 4) is 0 Å². The van der Waals surface area contributed by atoms with Gasteiger partial charge in [-0.2, -0.15) is 0 Å². The summed E-state index contributed by atoms with van der Waals surface area (Å²) in [7, 11) is 1.51. The van der Waals surface area contributed by atoms with Crippen LogP contribution >= 0.6 is 0 Å². The summed E-state index contributed by atoms with van der Waals surface area (Å²) in [6.45, 7) is 5.86. The molecule has 1 aliphatic rings. The lowest BCUT2D eigenvalue weighted by atomic mass is 9.85. The van der Waals surface area contributed by atoms with E-state index in [4.69, 9.17) is 0 Å². The zero-order valence-corrected chi connectivity index (χ0v) is 19.0. The number of hydrogen-bond acceptors (Lipinski definition) is 7. The molecule has 0 spiro atoms. The molecule has 3 rings (SSSR count). The van der Waals surface area contributed by atoms with Crippen LogP contribution in [0, 0.1) is 5.41 Å². The number of carbonyl (C=O) groups is 2. The predicted octanol–water partition coefficient (Wildman–Crippen LogP) is 0.634. The van der Waals surface area contributed by atoms with E-state index in [0.717, 1.165) is 0 Å². The minimum atomic E-state index is -0.749. The Morgan fingerprint density at radius 2 is 2.06 bits per heavy atom. The van der Waals surface area contributed by atoms with Crippen molar-refractivity contribution >= 4 is 11.8 Å². The van der Waals surface area contributed by atoms with Gasteiger partial charge in [0, 0.05) is 32.4 Å². The molecule has 0 aromatic carbocycles. The van der Waals surface area contributed by atoms with E-state index in [-0.39, 0.29) is 24.8 Å². The van der Waals surface area contributed by atoms with Crippen LogP contribution in [-0.4, -0.2) is 72.6 Å². The number of rotatable bonds is 7. The number of likely N-dealkylation sites (tertiary alicyclic amines) is 1. The molecule has 0 saturated carbocycles. The number of aliphatic hydroxyl groups excluding tert-OH is 2. The molecule has 174 valence electrons. The quantitative estimate of drug-likeness (QED) is 0.570. The minimum absolute atomic E-state index is 0.0985. The predicted molar refractivity (Wildman–Crippen MR) is 116 cm³/mol. The summed E-state index contributed by atoms with van der Waals surface area (Å²) in [4.78, 5) is 31.4. The summed E-state index contributed by atoms with van der Waals surface area (Å²) < 4.78 is 1.52. The van der Waals surface area contributed by atoms with Gasteiger partial charge < -0.3 is 20.4 Å². The first-order chi connectivity index (χ1) is 15.1. The number of hydrogen-bond donors (Lipinski definition) is 3. The number of amides is 2. The number of pyridine rings is 1. The summed E-state index contributed by atoms with van der Waals surface area (Å²) in [5, 5.41) is 31.4. The highest BCUT2D eigenvalue weighted by Crippen LogP contribution is 2.34. The molecule has 3 heterocycles. The second-order valence-corrected chi connectivity index (χ2v) is 9.28. The van der Waals surface area contributed by atoms with Crippen LogP contribution in [0.1, 0.15) is 57.1 Å². The Hall–Kier alpha value is -2.85. The maximum absolute atomic E-state index is 13.5. The molecule has 2 aromatic heterocycles. The van der Waals surface area contributed by atoms with Crippen molar-refractivity contribution in [1.29, 1.82) is 0 Å². The van der Waals surface area contributed by atoms with E-state index in [2.05, 4.69) is 20.6 Å². The van der Waals surface area contributed by atoms with E-state index >= 15 is 0 Å². The second-order valence-electron chi connectivity index (χ2n) is 9.28.